The topological polar surface area (TPSA) is 39.7 Å². The summed E-state index contributed by atoms with van der Waals surface area (Å²) in [5.41, 5.74) is 1.17. The minimum Gasteiger partial charge on any atom is -0.490 e. The lowest BCUT2D eigenvalue weighted by Crippen LogP contribution is -2.16. The maximum Gasteiger partial charge on any atom is 0.162 e. The summed E-state index contributed by atoms with van der Waals surface area (Å²) in [5.74, 6) is 1.61. The van der Waals surface area contributed by atoms with E-state index in [2.05, 4.69) is 28.2 Å². The van der Waals surface area contributed by atoms with Crippen molar-refractivity contribution in [3.63, 3.8) is 0 Å². The van der Waals surface area contributed by atoms with Crippen molar-refractivity contribution in [3.8, 4) is 11.5 Å². The van der Waals surface area contributed by atoms with Gasteiger partial charge in [0.1, 0.15) is 0 Å². The second kappa shape index (κ2) is 10.9. The molecule has 0 bridgehead atoms. The molecule has 0 atom stereocenters. The van der Waals surface area contributed by atoms with Crippen LogP contribution in [0.2, 0.25) is 0 Å². The van der Waals surface area contributed by atoms with Crippen molar-refractivity contribution < 1.29 is 14.2 Å². The van der Waals surface area contributed by atoms with Crippen LogP contribution in [-0.2, 0) is 11.3 Å². The molecule has 0 spiro atoms. The Morgan fingerprint density at radius 2 is 1.86 bits per heavy atom. The fourth-order valence-corrected chi connectivity index (χ4v) is 2.33. The Morgan fingerprint density at radius 3 is 2.52 bits per heavy atom. The summed E-state index contributed by atoms with van der Waals surface area (Å²) >= 11 is 3.61. The molecule has 5 heteroatoms. The van der Waals surface area contributed by atoms with E-state index in [0.717, 1.165) is 48.5 Å². The van der Waals surface area contributed by atoms with Crippen LogP contribution in [0, 0.1) is 0 Å². The van der Waals surface area contributed by atoms with Crippen LogP contribution >= 0.6 is 15.9 Å². The molecule has 0 aliphatic carbocycles. The van der Waals surface area contributed by atoms with Gasteiger partial charge in [-0.05, 0) is 44.0 Å². The standard InChI is InChI=1S/C16H26BrNO3/c1-4-8-21-16-11-14(17)13(10-15(16)20-5-2)12-18-7-6-9-19-3/h10-11,18H,4-9,12H2,1-3H3. The van der Waals surface area contributed by atoms with Gasteiger partial charge in [-0.25, -0.2) is 0 Å². The van der Waals surface area contributed by atoms with Crippen molar-refractivity contribution in [1.82, 2.24) is 5.32 Å². The SMILES string of the molecule is CCCOc1cc(Br)c(CNCCCOC)cc1OCC. The number of hydrogen-bond donors (Lipinski definition) is 1. The highest BCUT2D eigenvalue weighted by molar-refractivity contribution is 9.10. The van der Waals surface area contributed by atoms with Gasteiger partial charge in [0.25, 0.3) is 0 Å². The predicted octanol–water partition coefficient (Wildman–Crippen LogP) is 3.76. The Morgan fingerprint density at radius 1 is 1.10 bits per heavy atom. The smallest absolute Gasteiger partial charge is 0.162 e. The highest BCUT2D eigenvalue weighted by Crippen LogP contribution is 2.34. The molecule has 0 aliphatic heterocycles. The summed E-state index contributed by atoms with van der Waals surface area (Å²) in [5, 5.41) is 3.40. The van der Waals surface area contributed by atoms with Gasteiger partial charge in [0.15, 0.2) is 11.5 Å². The number of ether oxygens (including phenoxy) is 3. The average molecular weight is 360 g/mol. The number of methoxy groups -OCH3 is 1. The van der Waals surface area contributed by atoms with E-state index in [0.29, 0.717) is 13.2 Å². The first-order valence-electron chi connectivity index (χ1n) is 7.50. The average Bonchev–Trinajstić information content (AvgIpc) is 2.48. The number of benzene rings is 1. The minimum atomic E-state index is 0.630. The van der Waals surface area contributed by atoms with Crippen molar-refractivity contribution in [2.45, 2.75) is 33.2 Å². The summed E-state index contributed by atoms with van der Waals surface area (Å²) in [6.07, 6.45) is 1.98. The van der Waals surface area contributed by atoms with E-state index in [1.807, 2.05) is 19.1 Å². The molecular formula is C16H26BrNO3. The molecule has 0 amide bonds. The largest absolute Gasteiger partial charge is 0.490 e. The molecule has 0 aliphatic rings. The van der Waals surface area contributed by atoms with Gasteiger partial charge in [-0.3, -0.25) is 0 Å². The van der Waals surface area contributed by atoms with Crippen LogP contribution in [0.1, 0.15) is 32.3 Å². The molecule has 1 aromatic rings. The summed E-state index contributed by atoms with van der Waals surface area (Å²) in [4.78, 5) is 0. The van der Waals surface area contributed by atoms with Crippen LogP contribution in [0.15, 0.2) is 16.6 Å². The molecule has 0 saturated heterocycles. The molecule has 1 aromatic carbocycles. The van der Waals surface area contributed by atoms with Gasteiger partial charge < -0.3 is 19.5 Å². The van der Waals surface area contributed by atoms with Gasteiger partial charge in [-0.1, -0.05) is 22.9 Å². The Bertz CT molecular complexity index is 413. The monoisotopic (exact) mass is 359 g/mol. The molecule has 0 fully saturated rings. The summed E-state index contributed by atoms with van der Waals surface area (Å²) in [7, 11) is 1.72. The lowest BCUT2D eigenvalue weighted by atomic mass is 10.2. The van der Waals surface area contributed by atoms with E-state index >= 15 is 0 Å². The quantitative estimate of drug-likeness (QED) is 0.610. The molecule has 1 rings (SSSR count). The maximum absolute atomic E-state index is 5.74. The van der Waals surface area contributed by atoms with Gasteiger partial charge in [0.05, 0.1) is 13.2 Å². The number of rotatable bonds is 11. The van der Waals surface area contributed by atoms with Crippen molar-refractivity contribution in [3.05, 3.63) is 22.2 Å². The van der Waals surface area contributed by atoms with Crippen molar-refractivity contribution in [1.29, 1.82) is 0 Å². The van der Waals surface area contributed by atoms with Crippen molar-refractivity contribution in [2.24, 2.45) is 0 Å². The van der Waals surface area contributed by atoms with Gasteiger partial charge in [-0.2, -0.15) is 0 Å². The Hall–Kier alpha value is -0.780. The second-order valence-corrected chi connectivity index (χ2v) is 5.55. The lowest BCUT2D eigenvalue weighted by Gasteiger charge is -2.15. The first-order valence-corrected chi connectivity index (χ1v) is 8.29. The molecule has 0 radical (unpaired) electrons. The second-order valence-electron chi connectivity index (χ2n) is 4.69. The molecule has 21 heavy (non-hydrogen) atoms. The molecule has 4 nitrogen and oxygen atoms in total. The normalized spacial score (nSPS) is 10.7. The molecule has 0 unspecified atom stereocenters. The number of halogens is 1. The third-order valence-electron chi connectivity index (χ3n) is 2.89. The Labute approximate surface area is 136 Å². The van der Waals surface area contributed by atoms with Gasteiger partial charge in [0.2, 0.25) is 0 Å². The summed E-state index contributed by atoms with van der Waals surface area (Å²) < 4.78 is 17.5. The predicted molar refractivity (Wildman–Crippen MR) is 89.3 cm³/mol. The van der Waals surface area contributed by atoms with Gasteiger partial charge >= 0.3 is 0 Å². The van der Waals surface area contributed by atoms with Crippen LogP contribution in [-0.4, -0.2) is 33.5 Å². The first kappa shape index (κ1) is 18.3. The summed E-state index contributed by atoms with van der Waals surface area (Å²) in [6.45, 7) is 7.90. The zero-order valence-electron chi connectivity index (χ0n) is 13.2. The van der Waals surface area contributed by atoms with Gasteiger partial charge in [0, 0.05) is 24.7 Å². The van der Waals surface area contributed by atoms with Crippen LogP contribution in [0.5, 0.6) is 11.5 Å². The van der Waals surface area contributed by atoms with Crippen LogP contribution in [0.4, 0.5) is 0 Å². The molecule has 0 aromatic heterocycles. The molecule has 0 saturated carbocycles. The minimum absolute atomic E-state index is 0.630. The van der Waals surface area contributed by atoms with Crippen LogP contribution in [0.3, 0.4) is 0 Å². The molecule has 120 valence electrons. The number of nitrogens with one attached hydrogen (secondary N) is 1. The molecular weight excluding hydrogens is 334 g/mol. The zero-order chi connectivity index (χ0) is 15.5. The van der Waals surface area contributed by atoms with E-state index in [4.69, 9.17) is 14.2 Å². The zero-order valence-corrected chi connectivity index (χ0v) is 14.8. The lowest BCUT2D eigenvalue weighted by molar-refractivity contribution is 0.194. The van der Waals surface area contributed by atoms with Crippen molar-refractivity contribution >= 4 is 15.9 Å². The summed E-state index contributed by atoms with van der Waals surface area (Å²) in [6, 6.07) is 4.04. The molecule has 0 heterocycles. The number of hydrogen-bond acceptors (Lipinski definition) is 4. The van der Waals surface area contributed by atoms with Crippen LogP contribution in [0.25, 0.3) is 0 Å². The first-order chi connectivity index (χ1) is 10.2. The highest BCUT2D eigenvalue weighted by atomic mass is 79.9. The molecule has 1 N–H and O–H groups in total. The third kappa shape index (κ3) is 6.68. The maximum atomic E-state index is 5.74. The Balaban J connectivity index is 2.68. The van der Waals surface area contributed by atoms with Gasteiger partial charge in [-0.15, -0.1) is 0 Å². The highest BCUT2D eigenvalue weighted by Gasteiger charge is 2.10. The van der Waals surface area contributed by atoms with E-state index in [1.165, 1.54) is 5.56 Å². The van der Waals surface area contributed by atoms with E-state index in [-0.39, 0.29) is 0 Å². The fraction of sp³-hybridized carbons (Fsp3) is 0.625. The fourth-order valence-electron chi connectivity index (χ4n) is 1.87. The van der Waals surface area contributed by atoms with Crippen molar-refractivity contribution in [2.75, 3.05) is 33.5 Å². The van der Waals surface area contributed by atoms with Crippen LogP contribution < -0.4 is 14.8 Å². The van der Waals surface area contributed by atoms with E-state index < -0.39 is 0 Å². The van der Waals surface area contributed by atoms with E-state index in [9.17, 15) is 0 Å². The third-order valence-corrected chi connectivity index (χ3v) is 3.63. The van der Waals surface area contributed by atoms with E-state index in [1.54, 1.807) is 7.11 Å². The Kier molecular flexibility index (Phi) is 9.46.